The molecule has 0 aromatic rings. The van der Waals surface area contributed by atoms with Crippen LogP contribution in [0, 0.1) is 28.6 Å². The van der Waals surface area contributed by atoms with E-state index >= 15 is 0 Å². The molecule has 0 heterocycles. The van der Waals surface area contributed by atoms with Crippen LogP contribution >= 0.6 is 0 Å². The minimum Gasteiger partial charge on any atom is -0.382 e. The molecule has 3 saturated carbocycles. The van der Waals surface area contributed by atoms with E-state index in [1.807, 2.05) is 0 Å². The van der Waals surface area contributed by atoms with Crippen LogP contribution in [-0.2, 0) is 19.4 Å². The van der Waals surface area contributed by atoms with Crippen molar-refractivity contribution in [3.8, 4) is 0 Å². The van der Waals surface area contributed by atoms with Gasteiger partial charge in [-0.2, -0.15) is 8.42 Å². The topological polar surface area (TPSA) is 101 Å². The van der Waals surface area contributed by atoms with Crippen LogP contribution in [0.2, 0.25) is 0 Å². The summed E-state index contributed by atoms with van der Waals surface area (Å²) in [6, 6.07) is 0. The van der Waals surface area contributed by atoms with Gasteiger partial charge in [0.2, 0.25) is 0 Å². The van der Waals surface area contributed by atoms with Crippen molar-refractivity contribution in [2.45, 2.75) is 83.8 Å². The van der Waals surface area contributed by atoms with E-state index in [9.17, 15) is 18.3 Å². The summed E-state index contributed by atoms with van der Waals surface area (Å²) in [5, 5.41) is 11.2. The zero-order chi connectivity index (χ0) is 20.5. The molecule has 3 fully saturated rings. The minimum absolute atomic E-state index is 0.000252. The van der Waals surface area contributed by atoms with Gasteiger partial charge in [0.25, 0.3) is 0 Å². The molecule has 6 nitrogen and oxygen atoms in total. The fraction of sp³-hybridized carbons (Fsp3) is 0.857. The summed E-state index contributed by atoms with van der Waals surface area (Å²) in [4.78, 5) is 12.3. The van der Waals surface area contributed by atoms with E-state index in [2.05, 4.69) is 19.9 Å². The molecule has 0 aromatic heterocycles. The molecule has 4 aliphatic carbocycles. The predicted octanol–water partition coefficient (Wildman–Crippen LogP) is 3.46. The van der Waals surface area contributed by atoms with Crippen molar-refractivity contribution in [2.75, 3.05) is 0 Å². The molecule has 0 radical (unpaired) electrons. The summed E-state index contributed by atoms with van der Waals surface area (Å²) in [5.74, 6) is 1.16. The zero-order valence-electron chi connectivity index (χ0n) is 17.0. The van der Waals surface area contributed by atoms with Crippen molar-refractivity contribution in [1.82, 2.24) is 0 Å². The molecule has 28 heavy (non-hydrogen) atoms. The van der Waals surface area contributed by atoms with Crippen LogP contribution in [0.1, 0.15) is 72.1 Å². The van der Waals surface area contributed by atoms with Gasteiger partial charge < -0.3 is 5.11 Å². The number of ketones is 1. The smallest absolute Gasteiger partial charge is 0.382 e. The van der Waals surface area contributed by atoms with Gasteiger partial charge in [-0.15, -0.1) is 0 Å². The Morgan fingerprint density at radius 1 is 1.14 bits per heavy atom. The summed E-state index contributed by atoms with van der Waals surface area (Å²) >= 11 is 0. The fourth-order valence-corrected chi connectivity index (χ4v) is 7.98. The molecule has 158 valence electrons. The Morgan fingerprint density at radius 3 is 2.46 bits per heavy atom. The lowest BCUT2D eigenvalue weighted by Gasteiger charge is -2.58. The lowest BCUT2D eigenvalue weighted by molar-refractivity contribution is -0.159. The monoisotopic (exact) mass is 412 g/mol. The van der Waals surface area contributed by atoms with Crippen LogP contribution in [0.15, 0.2) is 11.6 Å². The normalized spacial score (nSPS) is 48.2. The van der Waals surface area contributed by atoms with Crippen molar-refractivity contribution in [3.05, 3.63) is 11.6 Å². The highest BCUT2D eigenvalue weighted by Crippen LogP contribution is 2.67. The van der Waals surface area contributed by atoms with Crippen LogP contribution in [0.5, 0.6) is 0 Å². The maximum Gasteiger partial charge on any atom is 0.397 e. The second-order valence-corrected chi connectivity index (χ2v) is 11.1. The lowest BCUT2D eigenvalue weighted by atomic mass is 9.47. The first-order valence-corrected chi connectivity index (χ1v) is 11.9. The van der Waals surface area contributed by atoms with Crippen molar-refractivity contribution >= 4 is 16.2 Å². The first-order valence-electron chi connectivity index (χ1n) is 10.5. The van der Waals surface area contributed by atoms with Crippen LogP contribution < -0.4 is 0 Å². The van der Waals surface area contributed by atoms with Crippen molar-refractivity contribution in [2.24, 2.45) is 28.6 Å². The van der Waals surface area contributed by atoms with Gasteiger partial charge in [0.1, 0.15) is 5.60 Å². The van der Waals surface area contributed by atoms with Gasteiger partial charge in [0.05, 0.1) is 6.10 Å². The summed E-state index contributed by atoms with van der Waals surface area (Å²) < 4.78 is 36.1. The highest BCUT2D eigenvalue weighted by molar-refractivity contribution is 7.80. The average molecular weight is 413 g/mol. The Balaban J connectivity index is 1.61. The number of carbonyl (C=O) groups is 1. The number of allylic oxidation sites excluding steroid dienone is 1. The van der Waals surface area contributed by atoms with E-state index < -0.39 is 22.1 Å². The molecule has 0 aromatic carbocycles. The number of fused-ring (bicyclic) bond motifs is 5. The summed E-state index contributed by atoms with van der Waals surface area (Å²) in [7, 11) is -4.43. The molecule has 4 rings (SSSR count). The van der Waals surface area contributed by atoms with Gasteiger partial charge in [-0.25, -0.2) is 4.18 Å². The van der Waals surface area contributed by atoms with Gasteiger partial charge >= 0.3 is 10.4 Å². The van der Waals surface area contributed by atoms with Gasteiger partial charge in [-0.1, -0.05) is 25.5 Å². The van der Waals surface area contributed by atoms with Crippen molar-refractivity contribution < 1.29 is 27.1 Å². The molecule has 6 unspecified atom stereocenters. The van der Waals surface area contributed by atoms with E-state index in [0.29, 0.717) is 37.0 Å². The van der Waals surface area contributed by atoms with Crippen LogP contribution in [-0.4, -0.2) is 35.6 Å². The maximum atomic E-state index is 12.3. The summed E-state index contributed by atoms with van der Waals surface area (Å²) in [6.45, 7) is 5.92. The Morgan fingerprint density at radius 2 is 1.82 bits per heavy atom. The van der Waals surface area contributed by atoms with E-state index in [1.54, 1.807) is 0 Å². The van der Waals surface area contributed by atoms with Crippen LogP contribution in [0.3, 0.4) is 0 Å². The van der Waals surface area contributed by atoms with Gasteiger partial charge in [0, 0.05) is 5.41 Å². The number of Topliss-reactive ketones (excluding diaryl/α,β-unsaturated/α-hetero) is 1. The van der Waals surface area contributed by atoms with E-state index in [1.165, 1.54) is 12.5 Å². The molecule has 7 heteroatoms. The summed E-state index contributed by atoms with van der Waals surface area (Å²) in [5.41, 5.74) is -0.307. The molecule has 7 atom stereocenters. The third-order valence-electron chi connectivity index (χ3n) is 9.05. The number of rotatable bonds is 3. The highest BCUT2D eigenvalue weighted by Gasteiger charge is 2.65. The second kappa shape index (κ2) is 6.37. The first-order chi connectivity index (χ1) is 12.9. The standard InChI is InChI=1S/C21H32O6S/c1-13(22)21(23)11-8-18-16-5-4-14-12-15(27-28(24,25)26)6-9-19(14,2)17(16)7-10-20(18,21)3/h4,15-18,23H,5-12H2,1-3H3,(H,24,25,26)/t15?,16?,17?,18?,19?,20?,21-/m0/s1. The highest BCUT2D eigenvalue weighted by atomic mass is 32.3. The van der Waals surface area contributed by atoms with Crippen LogP contribution in [0.25, 0.3) is 0 Å². The number of carbonyl (C=O) groups excluding carboxylic acids is 1. The fourth-order valence-electron chi connectivity index (χ4n) is 7.48. The molecule has 0 bridgehead atoms. The van der Waals surface area contributed by atoms with E-state index in [4.69, 9.17) is 8.74 Å². The third kappa shape index (κ3) is 2.84. The Hall–Kier alpha value is -0.760. The molecule has 0 spiro atoms. The average Bonchev–Trinajstić information content (AvgIpc) is 2.87. The lowest BCUT2D eigenvalue weighted by Crippen LogP contribution is -2.57. The Kier molecular flexibility index (Phi) is 4.66. The molecular formula is C21H32O6S. The van der Waals surface area contributed by atoms with E-state index in [-0.39, 0.29) is 16.6 Å². The molecule has 2 N–H and O–H groups in total. The number of aliphatic hydroxyl groups is 1. The minimum atomic E-state index is -4.43. The zero-order valence-corrected chi connectivity index (χ0v) is 17.8. The second-order valence-electron chi connectivity index (χ2n) is 10.1. The number of hydrogen-bond acceptors (Lipinski definition) is 5. The Labute approximate surface area is 167 Å². The SMILES string of the molecule is CC(=O)[C@@]1(O)CCC2C3CC=C4CC(OS(=O)(=O)O)CCC4(C)C3CCC21C. The van der Waals surface area contributed by atoms with Gasteiger partial charge in [0.15, 0.2) is 5.78 Å². The summed E-state index contributed by atoms with van der Waals surface area (Å²) in [6.07, 6.45) is 7.92. The molecule has 0 aliphatic heterocycles. The van der Waals surface area contributed by atoms with Gasteiger partial charge in [-0.05, 0) is 81.5 Å². The van der Waals surface area contributed by atoms with Crippen LogP contribution in [0.4, 0.5) is 0 Å². The Bertz CT molecular complexity index is 819. The molecule has 4 aliphatic rings. The predicted molar refractivity (Wildman–Crippen MR) is 104 cm³/mol. The van der Waals surface area contributed by atoms with E-state index in [0.717, 1.165) is 32.1 Å². The first kappa shape index (κ1) is 20.5. The van der Waals surface area contributed by atoms with Crippen molar-refractivity contribution in [3.63, 3.8) is 0 Å². The number of hydrogen-bond donors (Lipinski definition) is 2. The maximum absolute atomic E-state index is 12.3. The molecule has 0 amide bonds. The largest absolute Gasteiger partial charge is 0.397 e. The van der Waals surface area contributed by atoms with Gasteiger partial charge in [-0.3, -0.25) is 9.35 Å². The molecular weight excluding hydrogens is 380 g/mol. The molecule has 0 saturated heterocycles. The quantitative estimate of drug-likeness (QED) is 0.544. The van der Waals surface area contributed by atoms with Crippen molar-refractivity contribution in [1.29, 1.82) is 0 Å². The third-order valence-corrected chi connectivity index (χ3v) is 9.57.